The van der Waals surface area contributed by atoms with Gasteiger partial charge in [-0.25, -0.2) is 4.98 Å². The average Bonchev–Trinajstić information content (AvgIpc) is 3.85. The Hall–Kier alpha value is -6.22. The topological polar surface area (TPSA) is 24.3 Å². The summed E-state index contributed by atoms with van der Waals surface area (Å²) in [6.07, 6.45) is 2.29. The van der Waals surface area contributed by atoms with Crippen molar-refractivity contribution in [2.75, 3.05) is 9.80 Å². The summed E-state index contributed by atoms with van der Waals surface area (Å²) in [5, 5.41) is 2.17. The number of nitrogens with zero attached hydrogens (tertiary/aromatic N) is 4. The Kier molecular flexibility index (Phi) is 6.60. The molecule has 0 saturated carbocycles. The number of pyridine rings is 1. The van der Waals surface area contributed by atoms with Crippen LogP contribution in [0, 0.1) is 25.7 Å². The smallest absolute Gasteiger partial charge is 0.135 e. The zero-order chi connectivity index (χ0) is 44.7. The number of aryl methyl sites for hydroxylation is 1. The molecule has 4 nitrogen and oxygen atoms in total. The number of anilines is 4. The minimum absolute atomic E-state index is 0. The van der Waals surface area contributed by atoms with Gasteiger partial charge >= 0.3 is 0 Å². The van der Waals surface area contributed by atoms with Gasteiger partial charge in [-0.05, 0) is 53.3 Å². The van der Waals surface area contributed by atoms with Crippen molar-refractivity contribution in [3.63, 3.8) is 0 Å². The van der Waals surface area contributed by atoms with Gasteiger partial charge in [-0.3, -0.25) is 0 Å². The first kappa shape index (κ1) is 25.0. The summed E-state index contributed by atoms with van der Waals surface area (Å²) in [6, 6.07) is 37.1. The second-order valence-corrected chi connectivity index (χ2v) is 13.1. The van der Waals surface area contributed by atoms with E-state index >= 15 is 0 Å². The van der Waals surface area contributed by atoms with Crippen LogP contribution in [0.3, 0.4) is 0 Å². The quantitative estimate of drug-likeness (QED) is 0.149. The molecule has 0 saturated heterocycles. The van der Waals surface area contributed by atoms with Gasteiger partial charge in [-0.15, -0.1) is 23.8 Å². The predicted molar refractivity (Wildman–Crippen MR) is 223 cm³/mol. The van der Waals surface area contributed by atoms with Crippen LogP contribution in [0.1, 0.15) is 30.4 Å². The number of hydrogen-bond acceptors (Lipinski definition) is 3. The van der Waals surface area contributed by atoms with Gasteiger partial charge in [0.2, 0.25) is 0 Å². The summed E-state index contributed by atoms with van der Waals surface area (Å²) >= 11 is 0. The number of rotatable bonds is 7. The van der Waals surface area contributed by atoms with Gasteiger partial charge in [-0.2, -0.15) is 47.0 Å². The van der Waals surface area contributed by atoms with Crippen molar-refractivity contribution in [2.45, 2.75) is 13.3 Å². The SMILES string of the molecule is [2H]c1c([2H])c([2H])c(-c2cccc(-c3c([2H])c([2H])c([2H])c([2H])c3[2H])c2N2[CH-]N(c3[c-]c(Cc4[c-]c5c(cc4)c4ccccc4n5-c4ccccn4)cc(C)c3)c3ccccc32)c([2H])c1[2H].[Pt]. The molecule has 268 valence electrons. The van der Waals surface area contributed by atoms with E-state index in [-0.39, 0.29) is 49.0 Å². The van der Waals surface area contributed by atoms with Crippen LogP contribution in [0.25, 0.3) is 49.9 Å². The Balaban J connectivity index is 0.00000533. The van der Waals surface area contributed by atoms with E-state index in [1.54, 1.807) is 36.0 Å². The first-order chi connectivity index (χ1) is 30.8. The van der Waals surface area contributed by atoms with Gasteiger partial charge in [0.25, 0.3) is 0 Å². The predicted octanol–water partition coefficient (Wildman–Crippen LogP) is 12.4. The summed E-state index contributed by atoms with van der Waals surface area (Å²) in [6.45, 7) is 3.81. The van der Waals surface area contributed by atoms with E-state index < -0.39 is 60.4 Å². The van der Waals surface area contributed by atoms with Gasteiger partial charge in [0.05, 0.1) is 13.7 Å². The molecule has 55 heavy (non-hydrogen) atoms. The van der Waals surface area contributed by atoms with Crippen molar-refractivity contribution in [3.05, 3.63) is 211 Å². The van der Waals surface area contributed by atoms with E-state index in [1.165, 1.54) is 0 Å². The summed E-state index contributed by atoms with van der Waals surface area (Å²) in [4.78, 5) is 8.41. The third-order valence-electron chi connectivity index (χ3n) is 9.67. The maximum Gasteiger partial charge on any atom is 0.135 e. The molecule has 1 aliphatic heterocycles. The Morgan fingerprint density at radius 3 is 2.02 bits per heavy atom. The Bertz CT molecular complexity index is 3250. The monoisotopic (exact) mass is 896 g/mol. The molecule has 0 amide bonds. The van der Waals surface area contributed by atoms with Crippen molar-refractivity contribution < 1.29 is 34.8 Å². The number of fused-ring (bicyclic) bond motifs is 4. The zero-order valence-electron chi connectivity index (χ0n) is 39.4. The molecule has 9 aromatic rings. The van der Waals surface area contributed by atoms with Crippen LogP contribution >= 0.6 is 0 Å². The fourth-order valence-electron chi connectivity index (χ4n) is 7.42. The molecule has 0 spiro atoms. The molecule has 0 bridgehead atoms. The van der Waals surface area contributed by atoms with E-state index in [1.807, 2.05) is 72.5 Å². The third-order valence-corrected chi connectivity index (χ3v) is 9.67. The molecule has 0 radical (unpaired) electrons. The van der Waals surface area contributed by atoms with Crippen LogP contribution in [0.15, 0.2) is 176 Å². The molecule has 1 aliphatic rings. The average molecular weight is 897 g/mol. The minimum Gasteiger partial charge on any atom is -0.493 e. The molecule has 10 rings (SSSR count). The number of aromatic nitrogens is 2. The van der Waals surface area contributed by atoms with E-state index in [2.05, 4.69) is 52.0 Å². The summed E-state index contributed by atoms with van der Waals surface area (Å²) in [5.41, 5.74) is 7.29. The maximum atomic E-state index is 9.00. The molecule has 2 aromatic heterocycles. The third kappa shape index (κ3) is 6.23. The van der Waals surface area contributed by atoms with E-state index in [4.69, 9.17) is 13.7 Å². The Labute approximate surface area is 350 Å². The van der Waals surface area contributed by atoms with Crippen LogP contribution in [-0.2, 0) is 27.5 Å². The minimum atomic E-state index is -0.551. The summed E-state index contributed by atoms with van der Waals surface area (Å²) in [7, 11) is 0. The molecule has 3 heterocycles. The molecule has 5 heteroatoms. The zero-order valence-corrected chi connectivity index (χ0v) is 31.6. The van der Waals surface area contributed by atoms with Crippen LogP contribution in [0.2, 0.25) is 0 Å². The second kappa shape index (κ2) is 14.5. The van der Waals surface area contributed by atoms with E-state index in [0.29, 0.717) is 17.8 Å². The molecular formula is C50H35N4Pt-3. The molecule has 0 N–H and O–H groups in total. The molecule has 0 fully saturated rings. The molecule has 0 atom stereocenters. The first-order valence-electron chi connectivity index (χ1n) is 22.5. The number of benzene rings is 7. The van der Waals surface area contributed by atoms with Crippen LogP contribution in [0.4, 0.5) is 22.7 Å². The fourth-order valence-corrected chi connectivity index (χ4v) is 7.42. The van der Waals surface area contributed by atoms with Crippen molar-refractivity contribution in [3.8, 4) is 28.1 Å². The summed E-state index contributed by atoms with van der Waals surface area (Å²) < 4.78 is 88.9. The van der Waals surface area contributed by atoms with Gasteiger partial charge in [0.1, 0.15) is 5.82 Å². The molecule has 0 aliphatic carbocycles. The van der Waals surface area contributed by atoms with Gasteiger partial charge in [0, 0.05) is 61.0 Å². The standard InChI is InChI=1S/C50H35N4.Pt/c1-35-29-37(31-36-26-27-44-43-19-8-9-22-45(43)54(48(44)33-36)49-25-12-13-28-51-49)32-40(30-35)52-34-53(47-24-11-10-23-46(47)52)50-41(38-15-4-2-5-16-38)20-14-21-42(50)39-17-6-3-7-18-39;/h2-30,34H,31H2,1H3;/q-3;/i2D,3D,4D,5D,6D,7D,15D,16D,17D,18D;. The van der Waals surface area contributed by atoms with Crippen LogP contribution in [0.5, 0.6) is 0 Å². The van der Waals surface area contributed by atoms with Crippen LogP contribution in [-0.4, -0.2) is 9.55 Å². The summed E-state index contributed by atoms with van der Waals surface area (Å²) in [5.74, 6) is 0.794. The van der Waals surface area contributed by atoms with Crippen molar-refractivity contribution in [1.29, 1.82) is 0 Å². The molecule has 7 aromatic carbocycles. The normalized spacial score (nSPS) is 14.8. The van der Waals surface area contributed by atoms with E-state index in [0.717, 1.165) is 50.0 Å². The molecular weight excluding hydrogens is 852 g/mol. The van der Waals surface area contributed by atoms with Crippen molar-refractivity contribution >= 4 is 44.6 Å². The van der Waals surface area contributed by atoms with Crippen molar-refractivity contribution in [2.24, 2.45) is 0 Å². The van der Waals surface area contributed by atoms with Crippen molar-refractivity contribution in [1.82, 2.24) is 9.55 Å². The van der Waals surface area contributed by atoms with Gasteiger partial charge < -0.3 is 14.4 Å². The van der Waals surface area contributed by atoms with E-state index in [9.17, 15) is 0 Å². The number of hydrogen-bond donors (Lipinski definition) is 0. The van der Waals surface area contributed by atoms with Gasteiger partial charge in [-0.1, -0.05) is 127 Å². The number of para-hydroxylation sites is 4. The fraction of sp³-hybridized carbons (Fsp3) is 0.0400. The Morgan fingerprint density at radius 1 is 0.636 bits per heavy atom. The Morgan fingerprint density at radius 2 is 1.31 bits per heavy atom. The van der Waals surface area contributed by atoms with Crippen LogP contribution < -0.4 is 9.80 Å². The largest absolute Gasteiger partial charge is 0.493 e. The first-order valence-corrected chi connectivity index (χ1v) is 17.5. The second-order valence-electron chi connectivity index (χ2n) is 13.1. The maximum absolute atomic E-state index is 9.00. The van der Waals surface area contributed by atoms with Gasteiger partial charge in [0.15, 0.2) is 0 Å². The molecule has 0 unspecified atom stereocenters.